The number of rotatable bonds is 9. The molecule has 0 aliphatic heterocycles. The Morgan fingerprint density at radius 1 is 1.30 bits per heavy atom. The molecule has 1 atom stereocenters. The molecule has 1 amide bonds. The maximum absolute atomic E-state index is 12.7. The van der Waals surface area contributed by atoms with Crippen LogP contribution in [-0.2, 0) is 14.8 Å². The standard InChI is InChI=1S/C22H35N3O4S/c1-16(24-21(26)29-22(2,3)4)20-15-19(30(27,28)23-13-14-25(5)6)12-11-18(20)10-9-17-7-8-17/h9-12,15-17,23H,7-8,13-14H2,1-6H3,(H,24,26)/b10-9+/t16-/m0/s1. The third-order valence-electron chi connectivity index (χ3n) is 4.59. The number of likely N-dealkylation sites (N-methyl/N-ethyl adjacent to an activating group) is 1. The number of nitrogens with zero attached hydrogens (tertiary/aromatic N) is 1. The predicted octanol–water partition coefficient (Wildman–Crippen LogP) is 3.54. The number of sulfonamides is 1. The van der Waals surface area contributed by atoms with E-state index >= 15 is 0 Å². The summed E-state index contributed by atoms with van der Waals surface area (Å²) in [6.07, 6.45) is 5.97. The second-order valence-electron chi connectivity index (χ2n) is 9.06. The van der Waals surface area contributed by atoms with Crippen molar-refractivity contribution in [1.82, 2.24) is 14.9 Å². The molecule has 1 aliphatic rings. The van der Waals surface area contributed by atoms with Crippen molar-refractivity contribution >= 4 is 22.2 Å². The zero-order chi connectivity index (χ0) is 22.5. The van der Waals surface area contributed by atoms with Crippen LogP contribution in [0, 0.1) is 5.92 Å². The molecule has 1 saturated carbocycles. The third kappa shape index (κ3) is 8.08. The van der Waals surface area contributed by atoms with Gasteiger partial charge in [-0.3, -0.25) is 0 Å². The molecule has 1 aromatic carbocycles. The Morgan fingerprint density at radius 2 is 1.97 bits per heavy atom. The summed E-state index contributed by atoms with van der Waals surface area (Å²) < 4.78 is 33.4. The summed E-state index contributed by atoms with van der Waals surface area (Å²) in [5, 5.41) is 2.82. The fourth-order valence-electron chi connectivity index (χ4n) is 2.82. The minimum Gasteiger partial charge on any atom is -0.444 e. The van der Waals surface area contributed by atoms with Crippen LogP contribution in [0.25, 0.3) is 6.08 Å². The van der Waals surface area contributed by atoms with E-state index in [9.17, 15) is 13.2 Å². The summed E-state index contributed by atoms with van der Waals surface area (Å²) in [7, 11) is 0.123. The molecule has 0 unspecified atom stereocenters. The average molecular weight is 438 g/mol. The van der Waals surface area contributed by atoms with Gasteiger partial charge in [0, 0.05) is 13.1 Å². The largest absolute Gasteiger partial charge is 0.444 e. The van der Waals surface area contributed by atoms with E-state index in [1.54, 1.807) is 39.0 Å². The first-order chi connectivity index (χ1) is 13.9. The van der Waals surface area contributed by atoms with Gasteiger partial charge in [-0.1, -0.05) is 18.2 Å². The number of benzene rings is 1. The smallest absolute Gasteiger partial charge is 0.408 e. The minimum atomic E-state index is -3.65. The summed E-state index contributed by atoms with van der Waals surface area (Å²) in [6, 6.07) is 4.61. The normalized spacial score (nSPS) is 16.1. The molecule has 0 heterocycles. The van der Waals surface area contributed by atoms with Crippen LogP contribution in [0.15, 0.2) is 29.2 Å². The molecule has 30 heavy (non-hydrogen) atoms. The second-order valence-corrected chi connectivity index (χ2v) is 10.8. The lowest BCUT2D eigenvalue weighted by atomic mass is 10.0. The first-order valence-electron chi connectivity index (χ1n) is 10.3. The molecule has 0 spiro atoms. The number of carbonyl (C=O) groups is 1. The quantitative estimate of drug-likeness (QED) is 0.617. The SMILES string of the molecule is C[C@H](NC(=O)OC(C)(C)C)c1cc(S(=O)(=O)NCCN(C)C)ccc1/C=C/C1CC1. The summed E-state index contributed by atoms with van der Waals surface area (Å²) in [4.78, 5) is 14.3. The Kier molecular flexibility index (Phi) is 8.07. The maximum Gasteiger partial charge on any atom is 0.408 e. The molecule has 168 valence electrons. The van der Waals surface area contributed by atoms with Crippen molar-refractivity contribution in [3.63, 3.8) is 0 Å². The lowest BCUT2D eigenvalue weighted by Crippen LogP contribution is -2.34. The van der Waals surface area contributed by atoms with E-state index in [0.29, 0.717) is 19.0 Å². The first kappa shape index (κ1) is 24.4. The highest BCUT2D eigenvalue weighted by Crippen LogP contribution is 2.32. The fraction of sp³-hybridized carbons (Fsp3) is 0.591. The van der Waals surface area contributed by atoms with E-state index in [4.69, 9.17) is 4.74 Å². The zero-order valence-electron chi connectivity index (χ0n) is 18.9. The fourth-order valence-corrected chi connectivity index (χ4v) is 3.88. The maximum atomic E-state index is 12.7. The van der Waals surface area contributed by atoms with Crippen molar-refractivity contribution in [3.05, 3.63) is 35.4 Å². The van der Waals surface area contributed by atoms with Gasteiger partial charge >= 0.3 is 6.09 Å². The molecule has 0 aromatic heterocycles. The topological polar surface area (TPSA) is 87.7 Å². The predicted molar refractivity (Wildman–Crippen MR) is 120 cm³/mol. The lowest BCUT2D eigenvalue weighted by Gasteiger charge is -2.23. The number of nitrogens with one attached hydrogen (secondary N) is 2. The van der Waals surface area contributed by atoms with Gasteiger partial charge in [-0.25, -0.2) is 17.9 Å². The van der Waals surface area contributed by atoms with Crippen molar-refractivity contribution in [1.29, 1.82) is 0 Å². The van der Waals surface area contributed by atoms with Gasteiger partial charge in [0.25, 0.3) is 0 Å². The molecule has 1 aromatic rings. The molecule has 0 radical (unpaired) electrons. The lowest BCUT2D eigenvalue weighted by molar-refractivity contribution is 0.0508. The Balaban J connectivity index is 2.26. The Labute approximate surface area is 180 Å². The molecular weight excluding hydrogens is 402 g/mol. The van der Waals surface area contributed by atoms with Gasteiger partial charge in [-0.05, 0) is 83.8 Å². The van der Waals surface area contributed by atoms with E-state index in [1.807, 2.05) is 32.0 Å². The highest BCUT2D eigenvalue weighted by Gasteiger charge is 2.22. The van der Waals surface area contributed by atoms with Crippen molar-refractivity contribution in [3.8, 4) is 0 Å². The molecule has 8 heteroatoms. The third-order valence-corrected chi connectivity index (χ3v) is 6.05. The van der Waals surface area contributed by atoms with Gasteiger partial charge in [0.1, 0.15) is 5.60 Å². The zero-order valence-corrected chi connectivity index (χ0v) is 19.7. The monoisotopic (exact) mass is 437 g/mol. The van der Waals surface area contributed by atoms with Crippen LogP contribution in [-0.4, -0.2) is 52.2 Å². The average Bonchev–Trinajstić information content (AvgIpc) is 3.41. The Hall–Kier alpha value is -1.90. The van der Waals surface area contributed by atoms with Gasteiger partial charge in [-0.2, -0.15) is 0 Å². The van der Waals surface area contributed by atoms with Crippen molar-refractivity contribution < 1.29 is 17.9 Å². The van der Waals surface area contributed by atoms with Gasteiger partial charge in [-0.15, -0.1) is 0 Å². The summed E-state index contributed by atoms with van der Waals surface area (Å²) >= 11 is 0. The van der Waals surface area contributed by atoms with Crippen molar-refractivity contribution in [2.75, 3.05) is 27.2 Å². The van der Waals surface area contributed by atoms with E-state index in [1.165, 1.54) is 12.8 Å². The summed E-state index contributed by atoms with van der Waals surface area (Å²) in [5.74, 6) is 0.586. The van der Waals surface area contributed by atoms with E-state index < -0.39 is 27.8 Å². The number of allylic oxidation sites excluding steroid dienone is 1. The summed E-state index contributed by atoms with van der Waals surface area (Å²) in [6.45, 7) is 8.14. The van der Waals surface area contributed by atoms with Crippen LogP contribution in [0.5, 0.6) is 0 Å². The van der Waals surface area contributed by atoms with Crippen LogP contribution in [0.2, 0.25) is 0 Å². The van der Waals surface area contributed by atoms with Crippen LogP contribution < -0.4 is 10.0 Å². The van der Waals surface area contributed by atoms with Crippen LogP contribution in [0.4, 0.5) is 4.79 Å². The Morgan fingerprint density at radius 3 is 2.53 bits per heavy atom. The molecule has 1 fully saturated rings. The minimum absolute atomic E-state index is 0.178. The number of ether oxygens (including phenoxy) is 1. The molecule has 2 rings (SSSR count). The van der Waals surface area contributed by atoms with Gasteiger partial charge < -0.3 is 15.0 Å². The molecule has 7 nitrogen and oxygen atoms in total. The molecule has 0 bridgehead atoms. The Bertz CT molecular complexity index is 869. The molecule has 1 aliphatic carbocycles. The van der Waals surface area contributed by atoms with E-state index in [0.717, 1.165) is 11.1 Å². The highest BCUT2D eigenvalue weighted by molar-refractivity contribution is 7.89. The van der Waals surface area contributed by atoms with Crippen LogP contribution in [0.3, 0.4) is 0 Å². The van der Waals surface area contributed by atoms with Gasteiger partial charge in [0.2, 0.25) is 10.0 Å². The highest BCUT2D eigenvalue weighted by atomic mass is 32.2. The molecule has 2 N–H and O–H groups in total. The molecular formula is C22H35N3O4S. The second kappa shape index (κ2) is 9.94. The first-order valence-corrected chi connectivity index (χ1v) is 11.8. The van der Waals surface area contributed by atoms with Crippen molar-refractivity contribution in [2.45, 2.75) is 57.1 Å². The number of amides is 1. The van der Waals surface area contributed by atoms with Crippen molar-refractivity contribution in [2.24, 2.45) is 5.92 Å². The van der Waals surface area contributed by atoms with Crippen LogP contribution >= 0.6 is 0 Å². The van der Waals surface area contributed by atoms with Gasteiger partial charge in [0.15, 0.2) is 0 Å². The van der Waals surface area contributed by atoms with E-state index in [2.05, 4.69) is 16.1 Å². The summed E-state index contributed by atoms with van der Waals surface area (Å²) in [5.41, 5.74) is 1.01. The number of alkyl carbamates (subject to hydrolysis) is 1. The van der Waals surface area contributed by atoms with E-state index in [-0.39, 0.29) is 4.90 Å². The van der Waals surface area contributed by atoms with Crippen LogP contribution in [0.1, 0.15) is 57.7 Å². The number of hydrogen-bond acceptors (Lipinski definition) is 5. The number of carbonyl (C=O) groups excluding carboxylic acids is 1. The number of hydrogen-bond donors (Lipinski definition) is 2. The molecule has 0 saturated heterocycles. The van der Waals surface area contributed by atoms with Gasteiger partial charge in [0.05, 0.1) is 10.9 Å².